The number of esters is 1. The molecule has 0 spiro atoms. The van der Waals surface area contributed by atoms with Crippen molar-refractivity contribution in [2.75, 3.05) is 45.6 Å². The molecule has 0 radical (unpaired) electrons. The normalized spacial score (nSPS) is 10.8. The Bertz CT molecular complexity index is 1890. The zero-order chi connectivity index (χ0) is 31.5. The van der Waals surface area contributed by atoms with Crippen LogP contribution in [-0.4, -0.2) is 39.0 Å². The zero-order valence-electron chi connectivity index (χ0n) is 24.7. The molecule has 6 N–H and O–H groups in total. The van der Waals surface area contributed by atoms with Gasteiger partial charge in [0.1, 0.15) is 18.1 Å². The second-order valence-electron chi connectivity index (χ2n) is 9.87. The highest BCUT2D eigenvalue weighted by Crippen LogP contribution is 2.44. The van der Waals surface area contributed by atoms with E-state index >= 15 is 0 Å². The van der Waals surface area contributed by atoms with Crippen molar-refractivity contribution in [2.24, 2.45) is 0 Å². The van der Waals surface area contributed by atoms with Gasteiger partial charge in [0.15, 0.2) is 11.5 Å². The Balaban J connectivity index is 1.82. The van der Waals surface area contributed by atoms with E-state index in [0.29, 0.717) is 62.3 Å². The second-order valence-corrected chi connectivity index (χ2v) is 9.87. The lowest BCUT2D eigenvalue weighted by molar-refractivity contribution is 0.0591. The van der Waals surface area contributed by atoms with Gasteiger partial charge in [-0.15, -0.1) is 0 Å². The third-order valence-corrected chi connectivity index (χ3v) is 7.08. The lowest BCUT2D eigenvalue weighted by Gasteiger charge is -2.21. The molecule has 226 valence electrons. The van der Waals surface area contributed by atoms with Gasteiger partial charge in [0.05, 0.1) is 33.8 Å². The summed E-state index contributed by atoms with van der Waals surface area (Å²) in [4.78, 5) is 27.8. The van der Waals surface area contributed by atoms with Gasteiger partial charge in [-0.1, -0.05) is 0 Å². The number of ether oxygens (including phenoxy) is 5. The van der Waals surface area contributed by atoms with Crippen LogP contribution in [0.2, 0.25) is 0 Å². The van der Waals surface area contributed by atoms with E-state index in [9.17, 15) is 9.59 Å². The lowest BCUT2D eigenvalue weighted by Crippen LogP contribution is -2.27. The molecule has 11 nitrogen and oxygen atoms in total. The van der Waals surface area contributed by atoms with Crippen molar-refractivity contribution in [2.45, 2.75) is 6.61 Å². The maximum atomic E-state index is 14.3. The summed E-state index contributed by atoms with van der Waals surface area (Å²) in [5.74, 6) is 0.771. The monoisotopic (exact) mass is 596 g/mol. The molecule has 0 saturated carbocycles. The van der Waals surface area contributed by atoms with Crippen LogP contribution in [0.5, 0.6) is 23.0 Å². The minimum Gasteiger partial charge on any atom is -0.493 e. The number of carbonyl (C=O) groups is 1. The van der Waals surface area contributed by atoms with Crippen molar-refractivity contribution < 1.29 is 28.5 Å². The molecule has 0 aliphatic rings. The summed E-state index contributed by atoms with van der Waals surface area (Å²) in [6, 6.07) is 20.2. The van der Waals surface area contributed by atoms with Crippen molar-refractivity contribution in [1.29, 1.82) is 0 Å². The van der Waals surface area contributed by atoms with Crippen LogP contribution in [0.1, 0.15) is 16.1 Å². The van der Waals surface area contributed by atoms with E-state index in [4.69, 9.17) is 40.9 Å². The number of carbonyl (C=O) groups excluding carboxylic acids is 1. The van der Waals surface area contributed by atoms with Crippen LogP contribution in [-0.2, 0) is 11.3 Å². The van der Waals surface area contributed by atoms with Crippen LogP contribution in [0.15, 0.2) is 77.6 Å². The topological polar surface area (TPSA) is 163 Å². The molecular weight excluding hydrogens is 564 g/mol. The van der Waals surface area contributed by atoms with E-state index in [0.717, 1.165) is 5.56 Å². The maximum Gasteiger partial charge on any atom is 0.355 e. The summed E-state index contributed by atoms with van der Waals surface area (Å²) < 4.78 is 29.3. The van der Waals surface area contributed by atoms with Crippen molar-refractivity contribution in [3.8, 4) is 39.8 Å². The Kier molecular flexibility index (Phi) is 8.21. The third kappa shape index (κ3) is 5.50. The van der Waals surface area contributed by atoms with Crippen LogP contribution in [0.4, 0.5) is 17.1 Å². The van der Waals surface area contributed by atoms with Crippen molar-refractivity contribution in [3.63, 3.8) is 0 Å². The molecule has 0 aliphatic heterocycles. The number of aromatic nitrogens is 1. The number of hydrogen-bond donors (Lipinski definition) is 3. The predicted octanol–water partition coefficient (Wildman–Crippen LogP) is 4.80. The Hall–Kier alpha value is -5.84. The van der Waals surface area contributed by atoms with E-state index in [1.807, 2.05) is 0 Å². The van der Waals surface area contributed by atoms with E-state index < -0.39 is 11.5 Å². The Morgan fingerprint density at radius 1 is 0.727 bits per heavy atom. The summed E-state index contributed by atoms with van der Waals surface area (Å²) in [5.41, 5.74) is 20.9. The molecule has 5 rings (SSSR count). The van der Waals surface area contributed by atoms with Crippen molar-refractivity contribution in [1.82, 2.24) is 4.57 Å². The molecular formula is C33H32N4O7. The average molecular weight is 597 g/mol. The number of rotatable bonds is 9. The van der Waals surface area contributed by atoms with Crippen LogP contribution in [0, 0.1) is 0 Å². The number of hydrogen-bond acceptors (Lipinski definition) is 10. The number of anilines is 3. The Labute approximate surface area is 253 Å². The maximum absolute atomic E-state index is 14.3. The molecule has 0 unspecified atom stereocenters. The fraction of sp³-hybridized carbons (Fsp3) is 0.152. The standard InChI is InChI=1S/C33H32N4O7/c1-40-27-13-19(14-28(41-2)31(27)42-3)29-25-10-9-24(44-17-18-11-21(35)15-22(36)12-18)16-26(25)32(38)37(30(29)33(39)43-4)23-7-5-20(34)6-8-23/h5-16H,17,34-36H2,1-4H3. The summed E-state index contributed by atoms with van der Waals surface area (Å²) in [5, 5.41) is 0.750. The van der Waals surface area contributed by atoms with Gasteiger partial charge in [-0.05, 0) is 89.3 Å². The zero-order valence-corrected chi connectivity index (χ0v) is 24.7. The molecule has 0 fully saturated rings. The van der Waals surface area contributed by atoms with E-state index in [-0.39, 0.29) is 17.7 Å². The van der Waals surface area contributed by atoms with E-state index in [1.165, 1.54) is 33.0 Å². The fourth-order valence-electron chi connectivity index (χ4n) is 5.14. The average Bonchev–Trinajstić information content (AvgIpc) is 3.02. The van der Waals surface area contributed by atoms with Gasteiger partial charge < -0.3 is 40.9 Å². The molecule has 44 heavy (non-hydrogen) atoms. The fourth-order valence-corrected chi connectivity index (χ4v) is 5.14. The first-order valence-corrected chi connectivity index (χ1v) is 13.4. The van der Waals surface area contributed by atoms with Crippen LogP contribution in [0.3, 0.4) is 0 Å². The number of pyridine rings is 1. The van der Waals surface area contributed by atoms with Crippen LogP contribution in [0.25, 0.3) is 27.6 Å². The Morgan fingerprint density at radius 3 is 1.93 bits per heavy atom. The SMILES string of the molecule is COC(=O)c1c(-c2cc(OC)c(OC)c(OC)c2)c2ccc(OCc3cc(N)cc(N)c3)cc2c(=O)n1-c1ccc(N)cc1. The van der Waals surface area contributed by atoms with Crippen LogP contribution >= 0.6 is 0 Å². The number of fused-ring (bicyclic) bond motifs is 1. The van der Waals surface area contributed by atoms with Gasteiger partial charge >= 0.3 is 5.97 Å². The summed E-state index contributed by atoms with van der Waals surface area (Å²) in [7, 11) is 5.74. The minimum absolute atomic E-state index is 0.00653. The first-order chi connectivity index (χ1) is 21.2. The molecule has 11 heteroatoms. The van der Waals surface area contributed by atoms with Crippen LogP contribution < -0.4 is 41.7 Å². The van der Waals surface area contributed by atoms with Gasteiger partial charge in [-0.2, -0.15) is 0 Å². The number of nitrogens with two attached hydrogens (primary N) is 3. The highest BCUT2D eigenvalue weighted by Gasteiger charge is 2.27. The number of nitrogens with zero attached hydrogens (tertiary/aromatic N) is 1. The van der Waals surface area contributed by atoms with Gasteiger partial charge in [0.25, 0.3) is 5.56 Å². The molecule has 0 aliphatic carbocycles. The number of benzene rings is 4. The first-order valence-electron chi connectivity index (χ1n) is 13.4. The quantitative estimate of drug-likeness (QED) is 0.159. The second kappa shape index (κ2) is 12.2. The molecule has 5 aromatic rings. The largest absolute Gasteiger partial charge is 0.493 e. The molecule has 0 atom stereocenters. The molecule has 0 amide bonds. The predicted molar refractivity (Wildman–Crippen MR) is 170 cm³/mol. The number of nitrogen functional groups attached to an aromatic ring is 3. The molecule has 0 bridgehead atoms. The lowest BCUT2D eigenvalue weighted by atomic mass is 9.95. The Morgan fingerprint density at radius 2 is 1.36 bits per heavy atom. The summed E-state index contributed by atoms with van der Waals surface area (Å²) in [6.07, 6.45) is 0. The van der Waals surface area contributed by atoms with Gasteiger partial charge in [-0.3, -0.25) is 9.36 Å². The summed E-state index contributed by atoms with van der Waals surface area (Å²) >= 11 is 0. The third-order valence-electron chi connectivity index (χ3n) is 7.08. The minimum atomic E-state index is -0.732. The highest BCUT2D eigenvalue weighted by molar-refractivity contribution is 6.08. The molecule has 0 saturated heterocycles. The van der Waals surface area contributed by atoms with Gasteiger partial charge in [-0.25, -0.2) is 4.79 Å². The smallest absolute Gasteiger partial charge is 0.355 e. The molecule has 4 aromatic carbocycles. The van der Waals surface area contributed by atoms with E-state index in [1.54, 1.807) is 72.8 Å². The van der Waals surface area contributed by atoms with Crippen molar-refractivity contribution >= 4 is 33.8 Å². The molecule has 1 aromatic heterocycles. The molecule has 1 heterocycles. The summed E-state index contributed by atoms with van der Waals surface area (Å²) in [6.45, 7) is 0.160. The van der Waals surface area contributed by atoms with Gasteiger partial charge in [0.2, 0.25) is 5.75 Å². The van der Waals surface area contributed by atoms with Crippen molar-refractivity contribution in [3.05, 3.63) is 94.4 Å². The first kappa shape index (κ1) is 29.6. The van der Waals surface area contributed by atoms with E-state index in [2.05, 4.69) is 0 Å². The number of methoxy groups -OCH3 is 4. The van der Waals surface area contributed by atoms with Gasteiger partial charge in [0, 0.05) is 28.3 Å². The highest BCUT2D eigenvalue weighted by atomic mass is 16.5.